The Morgan fingerprint density at radius 3 is 2.58 bits per heavy atom. The van der Waals surface area contributed by atoms with Crippen LogP contribution in [0.25, 0.3) is 0 Å². The first-order chi connectivity index (χ1) is 9.15. The van der Waals surface area contributed by atoms with Crippen LogP contribution < -0.4 is 5.32 Å². The number of allylic oxidation sites excluding steroid dienone is 2. The summed E-state index contributed by atoms with van der Waals surface area (Å²) in [5, 5.41) is 3.59. The molecule has 5 atom stereocenters. The summed E-state index contributed by atoms with van der Waals surface area (Å²) in [6.07, 6.45) is 7.36. The molecule has 2 heteroatoms. The Hall–Kier alpha value is -1.15. The molecule has 0 heterocycles. The third-order valence-electron chi connectivity index (χ3n) is 4.86. The van der Waals surface area contributed by atoms with Gasteiger partial charge in [-0.2, -0.15) is 0 Å². The summed E-state index contributed by atoms with van der Waals surface area (Å²) in [5.41, 5.74) is 0.771. The number of hydrogen-bond donors (Lipinski definition) is 1. The molecule has 1 aromatic rings. The van der Waals surface area contributed by atoms with Crippen molar-refractivity contribution in [3.05, 3.63) is 47.8 Å². The smallest absolute Gasteiger partial charge is 0.127 e. The van der Waals surface area contributed by atoms with Crippen molar-refractivity contribution in [2.24, 2.45) is 17.8 Å². The third-order valence-corrected chi connectivity index (χ3v) is 4.86. The average molecular weight is 259 g/mol. The molecule has 1 aromatic carbocycles. The van der Waals surface area contributed by atoms with E-state index in [4.69, 9.17) is 0 Å². The molecule has 1 fully saturated rings. The van der Waals surface area contributed by atoms with Gasteiger partial charge in [0.2, 0.25) is 0 Å². The predicted molar refractivity (Wildman–Crippen MR) is 76.3 cm³/mol. The summed E-state index contributed by atoms with van der Waals surface area (Å²) in [5.74, 6) is 2.13. The van der Waals surface area contributed by atoms with Gasteiger partial charge in [0, 0.05) is 17.6 Å². The highest BCUT2D eigenvalue weighted by molar-refractivity contribution is 5.21. The fourth-order valence-corrected chi connectivity index (χ4v) is 3.83. The van der Waals surface area contributed by atoms with Crippen LogP contribution in [0, 0.1) is 23.6 Å². The normalized spacial score (nSPS) is 31.6. The van der Waals surface area contributed by atoms with Gasteiger partial charge in [0.05, 0.1) is 0 Å². The van der Waals surface area contributed by atoms with Crippen molar-refractivity contribution in [3.8, 4) is 0 Å². The van der Waals surface area contributed by atoms with E-state index < -0.39 is 0 Å². The third kappa shape index (κ3) is 2.46. The summed E-state index contributed by atoms with van der Waals surface area (Å²) in [6, 6.07) is 7.57. The summed E-state index contributed by atoms with van der Waals surface area (Å²) >= 11 is 0. The minimum atomic E-state index is -0.109. The number of halogens is 1. The SMILES string of the molecule is CC(NC(C)C1CC2C=CC1C2)c1ccccc1F. The van der Waals surface area contributed by atoms with Gasteiger partial charge >= 0.3 is 0 Å². The minimum absolute atomic E-state index is 0.0688. The van der Waals surface area contributed by atoms with Gasteiger partial charge in [-0.3, -0.25) is 0 Å². The van der Waals surface area contributed by atoms with Crippen molar-refractivity contribution in [2.45, 2.75) is 38.8 Å². The number of nitrogens with one attached hydrogen (secondary N) is 1. The Bertz CT molecular complexity index is 482. The standard InChI is InChI=1S/C17H22FN/c1-11(15-5-3-4-6-17(15)18)19-12(2)16-10-13-7-8-14(16)9-13/h3-8,11-14,16,19H,9-10H2,1-2H3. The monoisotopic (exact) mass is 259 g/mol. The maximum Gasteiger partial charge on any atom is 0.127 e. The molecule has 1 N–H and O–H groups in total. The Kier molecular flexibility index (Phi) is 3.44. The lowest BCUT2D eigenvalue weighted by Crippen LogP contribution is -2.37. The number of rotatable bonds is 4. The molecule has 0 aromatic heterocycles. The summed E-state index contributed by atoms with van der Waals surface area (Å²) in [4.78, 5) is 0. The lowest BCUT2D eigenvalue weighted by molar-refractivity contribution is 0.305. The molecular formula is C17H22FN. The van der Waals surface area contributed by atoms with Gasteiger partial charge < -0.3 is 5.32 Å². The Labute approximate surface area is 114 Å². The van der Waals surface area contributed by atoms with Crippen molar-refractivity contribution in [1.29, 1.82) is 0 Å². The molecule has 19 heavy (non-hydrogen) atoms. The zero-order valence-corrected chi connectivity index (χ0v) is 11.6. The molecule has 1 saturated carbocycles. The van der Waals surface area contributed by atoms with Crippen molar-refractivity contribution in [1.82, 2.24) is 5.32 Å². The van der Waals surface area contributed by atoms with Gasteiger partial charge in [-0.05, 0) is 50.5 Å². The molecule has 3 rings (SSSR count). The first-order valence-corrected chi connectivity index (χ1v) is 7.34. The molecule has 102 valence electrons. The van der Waals surface area contributed by atoms with Crippen molar-refractivity contribution in [3.63, 3.8) is 0 Å². The number of benzene rings is 1. The largest absolute Gasteiger partial charge is 0.307 e. The van der Waals surface area contributed by atoms with Gasteiger partial charge in [0.1, 0.15) is 5.82 Å². The molecule has 2 bridgehead atoms. The maximum absolute atomic E-state index is 13.8. The molecule has 0 spiro atoms. The fourth-order valence-electron chi connectivity index (χ4n) is 3.83. The highest BCUT2D eigenvalue weighted by Gasteiger charge is 2.38. The molecule has 0 saturated heterocycles. The lowest BCUT2D eigenvalue weighted by Gasteiger charge is -2.29. The van der Waals surface area contributed by atoms with E-state index >= 15 is 0 Å². The van der Waals surface area contributed by atoms with Crippen molar-refractivity contribution in [2.75, 3.05) is 0 Å². The fraction of sp³-hybridized carbons (Fsp3) is 0.529. The zero-order chi connectivity index (χ0) is 13.4. The molecular weight excluding hydrogens is 237 g/mol. The first-order valence-electron chi connectivity index (χ1n) is 7.34. The van der Waals surface area contributed by atoms with Crippen LogP contribution >= 0.6 is 0 Å². The second-order valence-electron chi connectivity index (χ2n) is 6.14. The van der Waals surface area contributed by atoms with Gasteiger partial charge in [0.15, 0.2) is 0 Å². The van der Waals surface area contributed by atoms with Crippen LogP contribution in [0.2, 0.25) is 0 Å². The van der Waals surface area contributed by atoms with E-state index in [-0.39, 0.29) is 11.9 Å². The van der Waals surface area contributed by atoms with Gasteiger partial charge in [-0.15, -0.1) is 0 Å². The highest BCUT2D eigenvalue weighted by Crippen LogP contribution is 2.45. The Balaban J connectivity index is 1.65. The van der Waals surface area contributed by atoms with Crippen LogP contribution in [0.4, 0.5) is 4.39 Å². The van der Waals surface area contributed by atoms with E-state index in [1.807, 2.05) is 12.1 Å². The van der Waals surface area contributed by atoms with Gasteiger partial charge in [-0.1, -0.05) is 30.4 Å². The number of fused-ring (bicyclic) bond motifs is 2. The minimum Gasteiger partial charge on any atom is -0.307 e. The van der Waals surface area contributed by atoms with Crippen LogP contribution in [-0.2, 0) is 0 Å². The second-order valence-corrected chi connectivity index (χ2v) is 6.14. The molecule has 0 aliphatic heterocycles. The quantitative estimate of drug-likeness (QED) is 0.803. The molecule has 0 radical (unpaired) electrons. The summed E-state index contributed by atoms with van der Waals surface area (Å²) in [7, 11) is 0. The zero-order valence-electron chi connectivity index (χ0n) is 11.6. The highest BCUT2D eigenvalue weighted by atomic mass is 19.1. The van der Waals surface area contributed by atoms with E-state index in [0.717, 1.165) is 17.4 Å². The Morgan fingerprint density at radius 1 is 1.16 bits per heavy atom. The molecule has 5 unspecified atom stereocenters. The molecule has 0 amide bonds. The van der Waals surface area contributed by atoms with E-state index in [1.165, 1.54) is 12.8 Å². The van der Waals surface area contributed by atoms with Crippen molar-refractivity contribution < 1.29 is 4.39 Å². The van der Waals surface area contributed by atoms with E-state index in [2.05, 4.69) is 31.3 Å². The first kappa shape index (κ1) is 12.9. The van der Waals surface area contributed by atoms with Gasteiger partial charge in [-0.25, -0.2) is 4.39 Å². The van der Waals surface area contributed by atoms with Gasteiger partial charge in [0.25, 0.3) is 0 Å². The van der Waals surface area contributed by atoms with Crippen LogP contribution in [-0.4, -0.2) is 6.04 Å². The topological polar surface area (TPSA) is 12.0 Å². The van der Waals surface area contributed by atoms with Crippen LogP contribution in [0.5, 0.6) is 0 Å². The van der Waals surface area contributed by atoms with E-state index in [1.54, 1.807) is 12.1 Å². The van der Waals surface area contributed by atoms with E-state index in [9.17, 15) is 4.39 Å². The molecule has 2 aliphatic rings. The van der Waals surface area contributed by atoms with Crippen LogP contribution in [0.3, 0.4) is 0 Å². The molecule has 1 nitrogen and oxygen atoms in total. The van der Waals surface area contributed by atoms with Crippen molar-refractivity contribution >= 4 is 0 Å². The van der Waals surface area contributed by atoms with Crippen LogP contribution in [0.15, 0.2) is 36.4 Å². The van der Waals surface area contributed by atoms with E-state index in [0.29, 0.717) is 12.0 Å². The number of hydrogen-bond acceptors (Lipinski definition) is 1. The summed E-state index contributed by atoms with van der Waals surface area (Å²) < 4.78 is 13.8. The Morgan fingerprint density at radius 2 is 1.95 bits per heavy atom. The predicted octanol–water partition coefficient (Wildman–Crippen LogP) is 4.08. The lowest BCUT2D eigenvalue weighted by atomic mass is 9.87. The van der Waals surface area contributed by atoms with Crippen LogP contribution in [0.1, 0.15) is 38.3 Å². The maximum atomic E-state index is 13.8. The second kappa shape index (κ2) is 5.09. The average Bonchev–Trinajstić information content (AvgIpc) is 3.01. The molecule has 2 aliphatic carbocycles. The summed E-state index contributed by atoms with van der Waals surface area (Å²) in [6.45, 7) is 4.30.